The molecule has 1 aromatic heterocycles. The van der Waals surface area contributed by atoms with E-state index in [9.17, 15) is 10.1 Å². The summed E-state index contributed by atoms with van der Waals surface area (Å²) < 4.78 is 5.35. The maximum atomic E-state index is 11.0. The molecule has 0 spiro atoms. The van der Waals surface area contributed by atoms with Crippen LogP contribution in [-0.4, -0.2) is 34.1 Å². The Bertz CT molecular complexity index is 442. The van der Waals surface area contributed by atoms with Crippen molar-refractivity contribution in [2.45, 2.75) is 26.8 Å². The van der Waals surface area contributed by atoms with E-state index in [4.69, 9.17) is 16.3 Å². The first-order valence-corrected chi connectivity index (χ1v) is 6.34. The third-order valence-corrected chi connectivity index (χ3v) is 2.87. The van der Waals surface area contributed by atoms with E-state index in [1.807, 2.05) is 20.8 Å². The van der Waals surface area contributed by atoms with E-state index in [0.717, 1.165) is 0 Å². The van der Waals surface area contributed by atoms with Crippen LogP contribution in [-0.2, 0) is 4.74 Å². The number of nitrogens with one attached hydrogen (secondary N) is 1. The van der Waals surface area contributed by atoms with E-state index in [2.05, 4.69) is 15.3 Å². The molecule has 0 aliphatic heterocycles. The summed E-state index contributed by atoms with van der Waals surface area (Å²) in [5, 5.41) is 13.8. The fraction of sp³-hybridized carbons (Fsp3) is 0.636. The van der Waals surface area contributed by atoms with Crippen molar-refractivity contribution < 1.29 is 9.66 Å². The van der Waals surface area contributed by atoms with E-state index in [-0.39, 0.29) is 28.6 Å². The van der Waals surface area contributed by atoms with Gasteiger partial charge in [-0.15, -0.1) is 0 Å². The van der Waals surface area contributed by atoms with Gasteiger partial charge in [-0.2, -0.15) is 0 Å². The highest BCUT2D eigenvalue weighted by Crippen LogP contribution is 2.29. The molecule has 106 valence electrons. The summed E-state index contributed by atoms with van der Waals surface area (Å²) in [5.74, 6) is 0.336. The summed E-state index contributed by atoms with van der Waals surface area (Å²) in [6.45, 7) is 6.89. The third kappa shape index (κ3) is 4.29. The van der Waals surface area contributed by atoms with Crippen molar-refractivity contribution in [1.82, 2.24) is 9.97 Å². The first kappa shape index (κ1) is 15.6. The molecule has 0 aliphatic carbocycles. The van der Waals surface area contributed by atoms with Gasteiger partial charge in [0.05, 0.1) is 17.6 Å². The highest BCUT2D eigenvalue weighted by molar-refractivity contribution is 6.31. The Kier molecular flexibility index (Phi) is 5.91. The summed E-state index contributed by atoms with van der Waals surface area (Å²) in [7, 11) is 0. The molecule has 8 heteroatoms. The maximum Gasteiger partial charge on any atom is 0.348 e. The molecule has 19 heavy (non-hydrogen) atoms. The Labute approximate surface area is 116 Å². The highest BCUT2D eigenvalue weighted by Gasteiger charge is 2.24. The molecule has 1 unspecified atom stereocenters. The standard InChI is InChI=1S/C11H17ClN4O3/c1-4-19-5-8(7(2)3)15-11-9(16(17)18)10(12)13-6-14-11/h6-8H,4-5H2,1-3H3,(H,13,14,15). The van der Waals surface area contributed by atoms with Gasteiger partial charge in [-0.05, 0) is 12.8 Å². The van der Waals surface area contributed by atoms with Crippen molar-refractivity contribution in [2.24, 2.45) is 5.92 Å². The fourth-order valence-electron chi connectivity index (χ4n) is 1.45. The lowest BCUT2D eigenvalue weighted by molar-refractivity contribution is -0.384. The van der Waals surface area contributed by atoms with Crippen LogP contribution >= 0.6 is 11.6 Å². The van der Waals surface area contributed by atoms with Crippen LogP contribution in [0.5, 0.6) is 0 Å². The second-order valence-electron chi connectivity index (χ2n) is 4.27. The van der Waals surface area contributed by atoms with E-state index in [1.54, 1.807) is 0 Å². The number of halogens is 1. The molecule has 1 N–H and O–H groups in total. The predicted octanol–water partition coefficient (Wildman–Crippen LogP) is 2.51. The molecule has 0 saturated heterocycles. The van der Waals surface area contributed by atoms with Crippen LogP contribution in [0, 0.1) is 16.0 Å². The smallest absolute Gasteiger partial charge is 0.348 e. The molecule has 0 amide bonds. The van der Waals surface area contributed by atoms with Gasteiger partial charge in [0.15, 0.2) is 0 Å². The normalized spacial score (nSPS) is 12.5. The number of hydrogen-bond acceptors (Lipinski definition) is 6. The lowest BCUT2D eigenvalue weighted by Crippen LogP contribution is -2.31. The van der Waals surface area contributed by atoms with Crippen LogP contribution in [0.25, 0.3) is 0 Å². The van der Waals surface area contributed by atoms with Crippen LogP contribution < -0.4 is 5.32 Å². The summed E-state index contributed by atoms with van der Waals surface area (Å²) >= 11 is 5.73. The number of anilines is 1. The lowest BCUT2D eigenvalue weighted by atomic mass is 10.1. The SMILES string of the molecule is CCOCC(Nc1ncnc(Cl)c1[N+](=O)[O-])C(C)C. The second-order valence-corrected chi connectivity index (χ2v) is 4.63. The minimum atomic E-state index is -0.595. The topological polar surface area (TPSA) is 90.2 Å². The summed E-state index contributed by atoms with van der Waals surface area (Å²) in [6, 6.07) is -0.0929. The zero-order valence-electron chi connectivity index (χ0n) is 11.1. The molecule has 1 aromatic rings. The van der Waals surface area contributed by atoms with E-state index in [0.29, 0.717) is 13.2 Å². The number of rotatable bonds is 7. The van der Waals surface area contributed by atoms with E-state index in [1.165, 1.54) is 6.33 Å². The van der Waals surface area contributed by atoms with Gasteiger partial charge in [-0.25, -0.2) is 9.97 Å². The fourth-order valence-corrected chi connectivity index (χ4v) is 1.65. The Morgan fingerprint density at radius 3 is 2.74 bits per heavy atom. The molecule has 0 aromatic carbocycles. The first-order chi connectivity index (χ1) is 8.97. The van der Waals surface area contributed by atoms with Gasteiger partial charge in [0.2, 0.25) is 11.0 Å². The molecule has 0 fully saturated rings. The summed E-state index contributed by atoms with van der Waals surface area (Å²) in [5.41, 5.74) is -0.314. The number of nitro groups is 1. The molecule has 1 atom stereocenters. The molecule has 0 saturated carbocycles. The highest BCUT2D eigenvalue weighted by atomic mass is 35.5. The van der Waals surface area contributed by atoms with Crippen molar-refractivity contribution in [3.8, 4) is 0 Å². The molecule has 0 aliphatic rings. The number of aromatic nitrogens is 2. The molecular formula is C11H17ClN4O3. The van der Waals surface area contributed by atoms with Gasteiger partial charge < -0.3 is 10.1 Å². The van der Waals surface area contributed by atoms with Gasteiger partial charge in [-0.1, -0.05) is 25.4 Å². The Balaban J connectivity index is 2.96. The van der Waals surface area contributed by atoms with Crippen molar-refractivity contribution in [3.05, 3.63) is 21.6 Å². The number of ether oxygens (including phenoxy) is 1. The average molecular weight is 289 g/mol. The van der Waals surface area contributed by atoms with Crippen LogP contribution in [0.2, 0.25) is 5.15 Å². The van der Waals surface area contributed by atoms with Crippen LogP contribution in [0.1, 0.15) is 20.8 Å². The van der Waals surface area contributed by atoms with Gasteiger partial charge >= 0.3 is 5.69 Å². The Morgan fingerprint density at radius 1 is 1.53 bits per heavy atom. The number of hydrogen-bond donors (Lipinski definition) is 1. The van der Waals surface area contributed by atoms with Gasteiger partial charge in [0.25, 0.3) is 0 Å². The van der Waals surface area contributed by atoms with Gasteiger partial charge in [0, 0.05) is 6.61 Å². The molecular weight excluding hydrogens is 272 g/mol. The van der Waals surface area contributed by atoms with E-state index >= 15 is 0 Å². The molecule has 7 nitrogen and oxygen atoms in total. The zero-order valence-corrected chi connectivity index (χ0v) is 11.8. The van der Waals surface area contributed by atoms with Crippen molar-refractivity contribution in [3.63, 3.8) is 0 Å². The monoisotopic (exact) mass is 288 g/mol. The predicted molar refractivity (Wildman–Crippen MR) is 72.4 cm³/mol. The number of nitrogens with zero attached hydrogens (tertiary/aromatic N) is 3. The first-order valence-electron chi connectivity index (χ1n) is 5.96. The largest absolute Gasteiger partial charge is 0.380 e. The summed E-state index contributed by atoms with van der Waals surface area (Å²) in [4.78, 5) is 17.9. The molecule has 0 bridgehead atoms. The molecule has 1 rings (SSSR count). The minimum Gasteiger partial charge on any atom is -0.380 e. The lowest BCUT2D eigenvalue weighted by Gasteiger charge is -2.22. The molecule has 0 radical (unpaired) electrons. The quantitative estimate of drug-likeness (QED) is 0.471. The van der Waals surface area contributed by atoms with Crippen molar-refractivity contribution in [2.75, 3.05) is 18.5 Å². The van der Waals surface area contributed by atoms with Crippen LogP contribution in [0.15, 0.2) is 6.33 Å². The van der Waals surface area contributed by atoms with Gasteiger partial charge in [0.1, 0.15) is 6.33 Å². The van der Waals surface area contributed by atoms with Crippen molar-refractivity contribution >= 4 is 23.1 Å². The van der Waals surface area contributed by atoms with Crippen LogP contribution in [0.4, 0.5) is 11.5 Å². The average Bonchev–Trinajstić information content (AvgIpc) is 2.33. The Hall–Kier alpha value is -1.47. The van der Waals surface area contributed by atoms with Gasteiger partial charge in [-0.3, -0.25) is 10.1 Å². The maximum absolute atomic E-state index is 11.0. The van der Waals surface area contributed by atoms with Crippen molar-refractivity contribution in [1.29, 1.82) is 0 Å². The second kappa shape index (κ2) is 7.20. The van der Waals surface area contributed by atoms with Crippen LogP contribution in [0.3, 0.4) is 0 Å². The van der Waals surface area contributed by atoms with E-state index < -0.39 is 4.92 Å². The molecule has 1 heterocycles. The summed E-state index contributed by atoms with van der Waals surface area (Å²) in [6.07, 6.45) is 1.19. The Morgan fingerprint density at radius 2 is 2.21 bits per heavy atom. The zero-order chi connectivity index (χ0) is 14.4. The third-order valence-electron chi connectivity index (χ3n) is 2.59. The minimum absolute atomic E-state index is 0.0929.